The number of H-pyrrole nitrogens is 1. The van der Waals surface area contributed by atoms with E-state index in [0.29, 0.717) is 17.0 Å². The van der Waals surface area contributed by atoms with E-state index in [0.717, 1.165) is 53.8 Å². The highest BCUT2D eigenvalue weighted by molar-refractivity contribution is 5.91. The Morgan fingerprint density at radius 1 is 0.926 bits per heavy atom. The summed E-state index contributed by atoms with van der Waals surface area (Å²) >= 11 is 0. The summed E-state index contributed by atoms with van der Waals surface area (Å²) in [6, 6.07) is 14.5. The monoisotopic (exact) mass is 359 g/mol. The van der Waals surface area contributed by atoms with Crippen LogP contribution in [0.5, 0.6) is 0 Å². The first kappa shape index (κ1) is 15.9. The molecule has 2 aromatic heterocycles. The first-order valence-corrected chi connectivity index (χ1v) is 9.14. The van der Waals surface area contributed by atoms with E-state index in [9.17, 15) is 4.39 Å². The van der Waals surface area contributed by atoms with Crippen LogP contribution in [0.15, 0.2) is 48.5 Å². The van der Waals surface area contributed by atoms with Crippen LogP contribution >= 0.6 is 0 Å². The van der Waals surface area contributed by atoms with Gasteiger partial charge in [0.2, 0.25) is 0 Å². The molecule has 5 nitrogen and oxygen atoms in total. The number of anilines is 2. The number of hydrogen-bond acceptors (Lipinski definition) is 4. The molecule has 0 fully saturated rings. The molecule has 0 radical (unpaired) electrons. The van der Waals surface area contributed by atoms with Crippen LogP contribution in [0.3, 0.4) is 0 Å². The van der Waals surface area contributed by atoms with E-state index in [2.05, 4.69) is 15.5 Å². The molecule has 2 aromatic carbocycles. The predicted molar refractivity (Wildman–Crippen MR) is 103 cm³/mol. The van der Waals surface area contributed by atoms with Gasteiger partial charge in [-0.05, 0) is 43.9 Å². The normalized spacial score (nSPS) is 13.5. The molecule has 0 spiro atoms. The van der Waals surface area contributed by atoms with Gasteiger partial charge in [0.1, 0.15) is 11.6 Å². The minimum atomic E-state index is -0.290. The molecule has 4 aromatic rings. The lowest BCUT2D eigenvalue weighted by Gasteiger charge is -2.19. The zero-order valence-electron chi connectivity index (χ0n) is 14.7. The minimum absolute atomic E-state index is 0.290. The van der Waals surface area contributed by atoms with Crippen LogP contribution in [0.2, 0.25) is 0 Å². The molecule has 0 saturated carbocycles. The Kier molecular flexibility index (Phi) is 3.81. The van der Waals surface area contributed by atoms with Gasteiger partial charge in [0.25, 0.3) is 0 Å². The van der Waals surface area contributed by atoms with Crippen molar-refractivity contribution in [2.75, 3.05) is 5.32 Å². The Labute approximate surface area is 155 Å². The lowest BCUT2D eigenvalue weighted by Crippen LogP contribution is -2.12. The average molecular weight is 359 g/mol. The predicted octanol–water partition coefficient (Wildman–Crippen LogP) is 4.78. The van der Waals surface area contributed by atoms with Gasteiger partial charge < -0.3 is 5.32 Å². The van der Waals surface area contributed by atoms with Crippen molar-refractivity contribution in [1.29, 1.82) is 0 Å². The largest absolute Gasteiger partial charge is 0.323 e. The Morgan fingerprint density at radius 2 is 1.78 bits per heavy atom. The summed E-state index contributed by atoms with van der Waals surface area (Å²) in [5.41, 5.74) is 3.98. The van der Waals surface area contributed by atoms with Crippen molar-refractivity contribution in [3.63, 3.8) is 0 Å². The molecule has 1 aliphatic carbocycles. The fourth-order valence-corrected chi connectivity index (χ4v) is 3.61. The first-order chi connectivity index (χ1) is 13.3. The highest BCUT2D eigenvalue weighted by Crippen LogP contribution is 2.31. The van der Waals surface area contributed by atoms with Gasteiger partial charge in [0, 0.05) is 22.2 Å². The van der Waals surface area contributed by atoms with E-state index >= 15 is 0 Å². The van der Waals surface area contributed by atoms with Crippen LogP contribution in [0.25, 0.3) is 22.3 Å². The molecule has 0 bridgehead atoms. The number of nitrogens with one attached hydrogen (secondary N) is 2. The Morgan fingerprint density at radius 3 is 2.67 bits per heavy atom. The molecule has 1 aliphatic rings. The third-order valence-electron chi connectivity index (χ3n) is 4.98. The average Bonchev–Trinajstić information content (AvgIpc) is 3.10. The maximum absolute atomic E-state index is 13.7. The van der Waals surface area contributed by atoms with Crippen LogP contribution in [0.1, 0.15) is 24.1 Å². The maximum Gasteiger partial charge on any atom is 0.161 e. The molecule has 2 heterocycles. The molecule has 0 amide bonds. The fraction of sp³-hybridized carbons (Fsp3) is 0.190. The number of aromatic nitrogens is 4. The van der Waals surface area contributed by atoms with Gasteiger partial charge in [-0.2, -0.15) is 5.10 Å². The van der Waals surface area contributed by atoms with Gasteiger partial charge in [-0.15, -0.1) is 0 Å². The summed E-state index contributed by atoms with van der Waals surface area (Å²) in [4.78, 5) is 9.60. The van der Waals surface area contributed by atoms with Gasteiger partial charge in [-0.25, -0.2) is 14.4 Å². The molecule has 27 heavy (non-hydrogen) atoms. The van der Waals surface area contributed by atoms with Crippen molar-refractivity contribution in [2.24, 2.45) is 0 Å². The minimum Gasteiger partial charge on any atom is -0.323 e. The molecule has 2 N–H and O–H groups in total. The summed E-state index contributed by atoms with van der Waals surface area (Å²) in [5.74, 6) is 1.75. The summed E-state index contributed by atoms with van der Waals surface area (Å²) in [5, 5.41) is 11.3. The van der Waals surface area contributed by atoms with E-state index < -0.39 is 0 Å². The van der Waals surface area contributed by atoms with Crippen molar-refractivity contribution < 1.29 is 4.39 Å². The first-order valence-electron chi connectivity index (χ1n) is 9.14. The van der Waals surface area contributed by atoms with Crippen LogP contribution in [0.4, 0.5) is 16.0 Å². The number of halogens is 1. The second-order valence-corrected chi connectivity index (χ2v) is 6.78. The molecule has 0 saturated heterocycles. The quantitative estimate of drug-likeness (QED) is 0.552. The van der Waals surface area contributed by atoms with E-state index in [-0.39, 0.29) is 5.82 Å². The van der Waals surface area contributed by atoms with Crippen molar-refractivity contribution in [3.05, 3.63) is 65.6 Å². The summed E-state index contributed by atoms with van der Waals surface area (Å²) in [7, 11) is 0. The molecule has 0 aliphatic heterocycles. The van der Waals surface area contributed by atoms with Crippen LogP contribution in [0, 0.1) is 5.82 Å². The van der Waals surface area contributed by atoms with Crippen LogP contribution < -0.4 is 5.32 Å². The van der Waals surface area contributed by atoms with Crippen molar-refractivity contribution in [1.82, 2.24) is 20.2 Å². The number of fused-ring (bicyclic) bond motifs is 2. The van der Waals surface area contributed by atoms with Gasteiger partial charge in [0.05, 0.1) is 5.52 Å². The Bertz CT molecular complexity index is 1120. The Hall–Kier alpha value is -3.28. The zero-order valence-corrected chi connectivity index (χ0v) is 14.7. The molecule has 0 unspecified atom stereocenters. The lowest BCUT2D eigenvalue weighted by atomic mass is 9.96. The third kappa shape index (κ3) is 2.93. The number of rotatable bonds is 3. The maximum atomic E-state index is 13.7. The summed E-state index contributed by atoms with van der Waals surface area (Å²) < 4.78 is 13.7. The smallest absolute Gasteiger partial charge is 0.161 e. The van der Waals surface area contributed by atoms with E-state index in [1.807, 2.05) is 30.3 Å². The molecule has 0 atom stereocenters. The van der Waals surface area contributed by atoms with E-state index in [4.69, 9.17) is 9.97 Å². The van der Waals surface area contributed by atoms with Gasteiger partial charge in [-0.1, -0.05) is 30.3 Å². The second kappa shape index (κ2) is 6.46. The fourth-order valence-electron chi connectivity index (χ4n) is 3.61. The molecule has 134 valence electrons. The van der Waals surface area contributed by atoms with Crippen molar-refractivity contribution >= 4 is 22.5 Å². The van der Waals surface area contributed by atoms with Crippen LogP contribution in [-0.2, 0) is 12.8 Å². The molecular formula is C21H18FN5. The highest BCUT2D eigenvalue weighted by atomic mass is 19.1. The standard InChI is InChI=1S/C21H18FN5/c22-14-10-11-18-16(12-14)21(27-26-18)25-20-15-8-4-5-9-17(15)23-19(24-20)13-6-2-1-3-7-13/h1-3,6-7,10-12H,4-5,8-9H2,(H2,23,24,25,26,27). The lowest BCUT2D eigenvalue weighted by molar-refractivity contribution is 0.630. The molecular weight excluding hydrogens is 341 g/mol. The molecule has 5 rings (SSSR count). The van der Waals surface area contributed by atoms with Gasteiger partial charge in [0.15, 0.2) is 11.6 Å². The van der Waals surface area contributed by atoms with E-state index in [1.165, 1.54) is 12.1 Å². The topological polar surface area (TPSA) is 66.5 Å². The number of nitrogens with zero attached hydrogens (tertiary/aromatic N) is 3. The van der Waals surface area contributed by atoms with E-state index in [1.54, 1.807) is 6.07 Å². The van der Waals surface area contributed by atoms with Crippen molar-refractivity contribution in [2.45, 2.75) is 25.7 Å². The highest BCUT2D eigenvalue weighted by Gasteiger charge is 2.20. The third-order valence-corrected chi connectivity index (χ3v) is 4.98. The van der Waals surface area contributed by atoms with Crippen LogP contribution in [-0.4, -0.2) is 20.2 Å². The Balaban J connectivity index is 1.63. The SMILES string of the molecule is Fc1ccc2[nH]nc(Nc3nc(-c4ccccc4)nc4c3CCCC4)c2c1. The number of benzene rings is 2. The summed E-state index contributed by atoms with van der Waals surface area (Å²) in [6.07, 6.45) is 4.13. The van der Waals surface area contributed by atoms with Crippen molar-refractivity contribution in [3.8, 4) is 11.4 Å². The summed E-state index contributed by atoms with van der Waals surface area (Å²) in [6.45, 7) is 0. The molecule has 6 heteroatoms. The van der Waals surface area contributed by atoms with Gasteiger partial charge in [-0.3, -0.25) is 5.10 Å². The number of aryl methyl sites for hydroxylation is 1. The van der Waals surface area contributed by atoms with Gasteiger partial charge >= 0.3 is 0 Å². The number of hydrogen-bond donors (Lipinski definition) is 2. The zero-order chi connectivity index (χ0) is 18.2. The second-order valence-electron chi connectivity index (χ2n) is 6.78. The number of aromatic amines is 1.